The molecule has 1 atom stereocenters. The van der Waals surface area contributed by atoms with E-state index in [9.17, 15) is 0 Å². The Morgan fingerprint density at radius 3 is 2.84 bits per heavy atom. The van der Waals surface area contributed by atoms with Crippen LogP contribution < -0.4 is 5.32 Å². The average molecular weight is 342 g/mol. The van der Waals surface area contributed by atoms with Crippen LogP contribution in [-0.2, 0) is 13.5 Å². The molecule has 0 radical (unpaired) electrons. The summed E-state index contributed by atoms with van der Waals surface area (Å²) in [4.78, 5) is 1.39. The van der Waals surface area contributed by atoms with Gasteiger partial charge in [0, 0.05) is 40.1 Å². The molecule has 0 spiro atoms. The van der Waals surface area contributed by atoms with Gasteiger partial charge in [-0.15, -0.1) is 11.3 Å². The monoisotopic (exact) mass is 341 g/mol. The van der Waals surface area contributed by atoms with E-state index in [1.807, 2.05) is 17.9 Å². The van der Waals surface area contributed by atoms with Crippen LogP contribution in [0, 0.1) is 6.92 Å². The molecule has 2 aromatic rings. The molecular formula is C14H20BrN3S. The van der Waals surface area contributed by atoms with Crippen molar-refractivity contribution < 1.29 is 0 Å². The fourth-order valence-corrected chi connectivity index (χ4v) is 3.69. The van der Waals surface area contributed by atoms with Gasteiger partial charge in [-0.2, -0.15) is 5.10 Å². The number of aromatic nitrogens is 2. The van der Waals surface area contributed by atoms with Gasteiger partial charge in [0.05, 0.1) is 6.20 Å². The van der Waals surface area contributed by atoms with Crippen molar-refractivity contribution in [3.05, 3.63) is 38.3 Å². The smallest absolute Gasteiger partial charge is 0.0540 e. The van der Waals surface area contributed by atoms with Crippen LogP contribution in [0.1, 0.15) is 35.5 Å². The van der Waals surface area contributed by atoms with Crippen molar-refractivity contribution in [1.82, 2.24) is 15.1 Å². The normalized spacial score (nSPS) is 12.8. The molecule has 0 aliphatic heterocycles. The molecule has 5 heteroatoms. The molecular weight excluding hydrogens is 322 g/mol. The molecule has 2 rings (SSSR count). The summed E-state index contributed by atoms with van der Waals surface area (Å²) < 4.78 is 3.15. The van der Waals surface area contributed by atoms with Crippen molar-refractivity contribution >= 4 is 27.3 Å². The summed E-state index contributed by atoms with van der Waals surface area (Å²) >= 11 is 5.43. The highest BCUT2D eigenvalue weighted by molar-refractivity contribution is 9.10. The van der Waals surface area contributed by atoms with Crippen LogP contribution in [0.2, 0.25) is 0 Å². The highest BCUT2D eigenvalue weighted by atomic mass is 79.9. The number of hydrogen-bond donors (Lipinski definition) is 1. The van der Waals surface area contributed by atoms with E-state index in [-0.39, 0.29) is 0 Å². The average Bonchev–Trinajstić information content (AvgIpc) is 2.94. The third-order valence-corrected chi connectivity index (χ3v) is 5.32. The van der Waals surface area contributed by atoms with E-state index in [2.05, 4.69) is 51.6 Å². The lowest BCUT2D eigenvalue weighted by Gasteiger charge is -2.18. The van der Waals surface area contributed by atoms with Gasteiger partial charge in [-0.25, -0.2) is 0 Å². The Bertz CT molecular complexity index is 533. The maximum atomic E-state index is 4.37. The quantitative estimate of drug-likeness (QED) is 0.865. The molecule has 0 aliphatic rings. The number of hydrogen-bond acceptors (Lipinski definition) is 3. The first kappa shape index (κ1) is 14.8. The van der Waals surface area contributed by atoms with E-state index in [4.69, 9.17) is 0 Å². The number of rotatable bonds is 6. The minimum absolute atomic E-state index is 0.337. The molecule has 19 heavy (non-hydrogen) atoms. The molecule has 0 fully saturated rings. The predicted octanol–water partition coefficient (Wildman–Crippen LogP) is 3.84. The van der Waals surface area contributed by atoms with Crippen LogP contribution in [0.3, 0.4) is 0 Å². The molecule has 0 saturated heterocycles. The number of nitrogens with zero attached hydrogens (tertiary/aromatic N) is 2. The molecule has 0 bridgehead atoms. The van der Waals surface area contributed by atoms with Gasteiger partial charge in [-0.3, -0.25) is 4.68 Å². The van der Waals surface area contributed by atoms with Crippen LogP contribution >= 0.6 is 27.3 Å². The van der Waals surface area contributed by atoms with Gasteiger partial charge < -0.3 is 5.32 Å². The molecule has 0 aliphatic carbocycles. The largest absolute Gasteiger partial charge is 0.310 e. The number of aryl methyl sites for hydroxylation is 1. The number of thiophene rings is 1. The van der Waals surface area contributed by atoms with Gasteiger partial charge in [-0.05, 0) is 47.3 Å². The van der Waals surface area contributed by atoms with E-state index < -0.39 is 0 Å². The third kappa shape index (κ3) is 3.46. The first-order chi connectivity index (χ1) is 9.13. The van der Waals surface area contributed by atoms with E-state index in [1.54, 1.807) is 11.3 Å². The summed E-state index contributed by atoms with van der Waals surface area (Å²) in [7, 11) is 2.00. The maximum absolute atomic E-state index is 4.37. The van der Waals surface area contributed by atoms with Gasteiger partial charge in [0.15, 0.2) is 0 Å². The Balaban J connectivity index is 2.21. The summed E-state index contributed by atoms with van der Waals surface area (Å²) in [6.07, 6.45) is 4.14. The minimum atomic E-state index is 0.337. The molecule has 1 N–H and O–H groups in total. The van der Waals surface area contributed by atoms with Crippen LogP contribution in [0.25, 0.3) is 0 Å². The van der Waals surface area contributed by atoms with E-state index in [1.165, 1.54) is 20.6 Å². The lowest BCUT2D eigenvalue weighted by molar-refractivity contribution is 0.528. The van der Waals surface area contributed by atoms with E-state index >= 15 is 0 Å². The second-order valence-electron chi connectivity index (χ2n) is 4.71. The first-order valence-electron chi connectivity index (χ1n) is 6.57. The van der Waals surface area contributed by atoms with Crippen LogP contribution in [0.4, 0.5) is 0 Å². The second kappa shape index (κ2) is 6.68. The highest BCUT2D eigenvalue weighted by Crippen LogP contribution is 2.29. The summed E-state index contributed by atoms with van der Waals surface area (Å²) in [5, 5.41) is 10.1. The van der Waals surface area contributed by atoms with Crippen molar-refractivity contribution in [2.45, 2.75) is 32.7 Å². The molecule has 0 amide bonds. The van der Waals surface area contributed by atoms with Crippen molar-refractivity contribution in [2.24, 2.45) is 7.05 Å². The standard InChI is InChI=1S/C14H20BrN3S/c1-4-6-16-13(8-14-12(15)5-7-19-14)11-9-17-18(3)10(11)2/h5,7,9,13,16H,4,6,8H2,1-3H3. The topological polar surface area (TPSA) is 29.9 Å². The molecule has 0 aromatic carbocycles. The predicted molar refractivity (Wildman–Crippen MR) is 84.7 cm³/mol. The lowest BCUT2D eigenvalue weighted by atomic mass is 10.0. The highest BCUT2D eigenvalue weighted by Gasteiger charge is 2.18. The SMILES string of the molecule is CCCNC(Cc1sccc1Br)c1cnn(C)c1C. The van der Waals surface area contributed by atoms with Crippen molar-refractivity contribution in [3.63, 3.8) is 0 Å². The maximum Gasteiger partial charge on any atom is 0.0540 e. The van der Waals surface area contributed by atoms with Gasteiger partial charge in [0.25, 0.3) is 0 Å². The summed E-state index contributed by atoms with van der Waals surface area (Å²) in [5.41, 5.74) is 2.54. The lowest BCUT2D eigenvalue weighted by Crippen LogP contribution is -2.24. The fraction of sp³-hybridized carbons (Fsp3) is 0.500. The number of nitrogens with one attached hydrogen (secondary N) is 1. The molecule has 2 heterocycles. The Kier molecular flexibility index (Phi) is 5.19. The Morgan fingerprint density at radius 2 is 2.32 bits per heavy atom. The second-order valence-corrected chi connectivity index (χ2v) is 6.57. The summed E-state index contributed by atoms with van der Waals surface area (Å²) in [6, 6.07) is 2.45. The molecule has 2 aromatic heterocycles. The third-order valence-electron chi connectivity index (χ3n) is 3.37. The Hall–Kier alpha value is -0.650. The van der Waals surface area contributed by atoms with Crippen molar-refractivity contribution in [1.29, 1.82) is 0 Å². The van der Waals surface area contributed by atoms with E-state index in [0.29, 0.717) is 6.04 Å². The molecule has 3 nitrogen and oxygen atoms in total. The van der Waals surface area contributed by atoms with Crippen LogP contribution in [0.15, 0.2) is 22.1 Å². The van der Waals surface area contributed by atoms with Crippen molar-refractivity contribution in [2.75, 3.05) is 6.54 Å². The van der Waals surface area contributed by atoms with Gasteiger partial charge in [0.1, 0.15) is 0 Å². The molecule has 104 valence electrons. The summed E-state index contributed by atoms with van der Waals surface area (Å²) in [5.74, 6) is 0. The minimum Gasteiger partial charge on any atom is -0.310 e. The fourth-order valence-electron chi connectivity index (χ4n) is 2.12. The molecule has 0 saturated carbocycles. The number of halogens is 1. The first-order valence-corrected chi connectivity index (χ1v) is 8.24. The zero-order valence-corrected chi connectivity index (χ0v) is 14.0. The van der Waals surface area contributed by atoms with Crippen LogP contribution in [-0.4, -0.2) is 16.3 Å². The van der Waals surface area contributed by atoms with Gasteiger partial charge in [0.2, 0.25) is 0 Å². The van der Waals surface area contributed by atoms with Crippen molar-refractivity contribution in [3.8, 4) is 0 Å². The van der Waals surface area contributed by atoms with Gasteiger partial charge in [-0.1, -0.05) is 6.92 Å². The zero-order valence-electron chi connectivity index (χ0n) is 11.6. The van der Waals surface area contributed by atoms with Crippen LogP contribution in [0.5, 0.6) is 0 Å². The zero-order chi connectivity index (χ0) is 13.8. The van der Waals surface area contributed by atoms with E-state index in [0.717, 1.165) is 19.4 Å². The Labute approximate surface area is 127 Å². The molecule has 1 unspecified atom stereocenters. The summed E-state index contributed by atoms with van der Waals surface area (Å²) in [6.45, 7) is 5.36. The Morgan fingerprint density at radius 1 is 1.53 bits per heavy atom. The van der Waals surface area contributed by atoms with Gasteiger partial charge >= 0.3 is 0 Å².